The predicted molar refractivity (Wildman–Crippen MR) is 96.5 cm³/mol. The number of halogens is 5. The van der Waals surface area contributed by atoms with Crippen molar-refractivity contribution in [3.63, 3.8) is 0 Å². The molecule has 0 unspecified atom stereocenters. The largest absolute Gasteiger partial charge is 0.470 e. The van der Waals surface area contributed by atoms with E-state index in [0.29, 0.717) is 0 Å². The van der Waals surface area contributed by atoms with Crippen LogP contribution in [0.15, 0.2) is 41.1 Å². The van der Waals surface area contributed by atoms with Gasteiger partial charge in [0.1, 0.15) is 11.6 Å². The van der Waals surface area contributed by atoms with Crippen LogP contribution >= 0.6 is 0 Å². The second-order valence-electron chi connectivity index (χ2n) is 6.43. The Morgan fingerprint density at radius 3 is 2.38 bits per heavy atom. The minimum atomic E-state index is -4.81. The van der Waals surface area contributed by atoms with Gasteiger partial charge in [0, 0.05) is 29.7 Å². The van der Waals surface area contributed by atoms with Crippen LogP contribution in [-0.2, 0) is 22.8 Å². The second-order valence-corrected chi connectivity index (χ2v) is 9.50. The van der Waals surface area contributed by atoms with Gasteiger partial charge in [-0.15, -0.1) is 10.2 Å². The predicted octanol–water partition coefficient (Wildman–Crippen LogP) is 3.63. The molecule has 0 spiro atoms. The summed E-state index contributed by atoms with van der Waals surface area (Å²) >= 11 is 0. The molecule has 3 aromatic rings. The van der Waals surface area contributed by atoms with Gasteiger partial charge in [-0.05, 0) is 22.3 Å². The maximum absolute atomic E-state index is 14.6. The molecule has 0 saturated carbocycles. The third-order valence-electron chi connectivity index (χ3n) is 3.86. The van der Waals surface area contributed by atoms with Crippen LogP contribution < -0.4 is 4.31 Å². The summed E-state index contributed by atoms with van der Waals surface area (Å²) in [5.74, 6) is -3.48. The summed E-state index contributed by atoms with van der Waals surface area (Å²) < 4.78 is 84.3. The summed E-state index contributed by atoms with van der Waals surface area (Å²) in [6.45, 7) is -0.181. The van der Waals surface area contributed by atoms with E-state index in [-0.39, 0.29) is 23.4 Å². The fourth-order valence-electron chi connectivity index (χ4n) is 2.51. The zero-order valence-corrected chi connectivity index (χ0v) is 16.0. The van der Waals surface area contributed by atoms with Crippen LogP contribution in [0.5, 0.6) is 0 Å². The van der Waals surface area contributed by atoms with Crippen molar-refractivity contribution in [3.05, 3.63) is 59.7 Å². The highest BCUT2D eigenvalue weighted by Crippen LogP contribution is 2.31. The van der Waals surface area contributed by atoms with E-state index < -0.39 is 39.7 Å². The van der Waals surface area contributed by atoms with Crippen molar-refractivity contribution in [2.45, 2.75) is 12.7 Å². The Balaban J connectivity index is 1.91. The third-order valence-corrected chi connectivity index (χ3v) is 5.39. The van der Waals surface area contributed by atoms with Gasteiger partial charge in [-0.1, -0.05) is 6.07 Å². The monoisotopic (exact) mass is 434 g/mol. The molecular weight excluding hydrogens is 419 g/mol. The van der Waals surface area contributed by atoms with Crippen LogP contribution in [-0.4, -0.2) is 31.9 Å². The number of nitrogens with zero attached hydrogens (tertiary/aromatic N) is 4. The van der Waals surface area contributed by atoms with E-state index in [0.717, 1.165) is 18.3 Å². The molecule has 6 nitrogen and oxygen atoms in total. The summed E-state index contributed by atoms with van der Waals surface area (Å²) in [5, 5.41) is 6.17. The van der Waals surface area contributed by atoms with Gasteiger partial charge in [0.25, 0.3) is 0 Å². The minimum absolute atomic E-state index is 0.0515. The highest BCUT2D eigenvalue weighted by molar-refractivity contribution is 8.02. The minimum Gasteiger partial charge on any atom is -0.413 e. The molecule has 0 radical (unpaired) electrons. The van der Waals surface area contributed by atoms with Crippen molar-refractivity contribution < 1.29 is 30.6 Å². The van der Waals surface area contributed by atoms with Crippen molar-refractivity contribution in [2.24, 2.45) is 0 Å². The van der Waals surface area contributed by atoms with Crippen LogP contribution in [0.25, 0.3) is 11.5 Å². The number of benzene rings is 1. The van der Waals surface area contributed by atoms with Gasteiger partial charge < -0.3 is 8.72 Å². The highest BCUT2D eigenvalue weighted by Gasteiger charge is 2.38. The maximum Gasteiger partial charge on any atom is 0.470 e. The topological polar surface area (TPSA) is 72.1 Å². The fraction of sp³-hybridized carbons (Fsp3) is 0.235. The molecular formula is C17H15F5N4O2S. The Hall–Kier alpha value is -2.89. The van der Waals surface area contributed by atoms with E-state index in [1.165, 1.54) is 35.1 Å². The third kappa shape index (κ3) is 4.75. The Bertz CT molecular complexity index is 1080. The summed E-state index contributed by atoms with van der Waals surface area (Å²) in [5.41, 5.74) is 0.232. The van der Waals surface area contributed by atoms with E-state index in [2.05, 4.69) is 19.6 Å². The van der Waals surface area contributed by atoms with E-state index in [4.69, 9.17) is 0 Å². The standard InChI is InChI=1S/C17H15F5N4O2S/c1-29(2,27)26(13-6-12(18)7-23-8-13)9-11-4-3-10(5-14(11)19)15-24-25-16(28-15)17(20,21)22/h3-8,29H,9H2,1-2H3. The average molecular weight is 434 g/mol. The molecule has 3 rings (SSSR count). The number of aromatic nitrogens is 3. The molecule has 0 N–H and O–H groups in total. The molecule has 2 heterocycles. The molecule has 0 aliphatic rings. The van der Waals surface area contributed by atoms with Crippen LogP contribution in [0.4, 0.5) is 27.6 Å². The number of rotatable bonds is 5. The first-order valence-electron chi connectivity index (χ1n) is 8.08. The molecule has 0 fully saturated rings. The molecule has 2 aromatic heterocycles. The van der Waals surface area contributed by atoms with Crippen LogP contribution in [0.1, 0.15) is 11.5 Å². The van der Waals surface area contributed by atoms with E-state index in [1.807, 2.05) is 0 Å². The number of thiol groups is 1. The lowest BCUT2D eigenvalue weighted by Gasteiger charge is -2.32. The molecule has 0 atom stereocenters. The summed E-state index contributed by atoms with van der Waals surface area (Å²) in [7, 11) is -2.99. The number of hydrogen-bond donors (Lipinski definition) is 1. The van der Waals surface area contributed by atoms with Crippen LogP contribution in [0.3, 0.4) is 0 Å². The Morgan fingerprint density at radius 1 is 1.10 bits per heavy atom. The summed E-state index contributed by atoms with van der Waals surface area (Å²) in [4.78, 5) is 3.71. The summed E-state index contributed by atoms with van der Waals surface area (Å²) in [6, 6.07) is 4.64. The molecule has 0 aliphatic carbocycles. The van der Waals surface area contributed by atoms with E-state index in [9.17, 15) is 26.2 Å². The molecule has 156 valence electrons. The number of alkyl halides is 3. The van der Waals surface area contributed by atoms with E-state index >= 15 is 0 Å². The molecule has 0 aliphatic heterocycles. The average Bonchev–Trinajstić information content (AvgIpc) is 3.10. The lowest BCUT2D eigenvalue weighted by atomic mass is 10.1. The number of anilines is 1. The van der Waals surface area contributed by atoms with Crippen molar-refractivity contribution in [1.29, 1.82) is 0 Å². The summed E-state index contributed by atoms with van der Waals surface area (Å²) in [6.07, 6.45) is 0.328. The SMILES string of the molecule is C[SH](C)(=O)N(Cc1ccc(-c2nnc(C(F)(F)F)o2)cc1F)c1cncc(F)c1. The first-order valence-corrected chi connectivity index (χ1v) is 10.6. The molecule has 29 heavy (non-hydrogen) atoms. The zero-order valence-electron chi connectivity index (χ0n) is 15.1. The van der Waals surface area contributed by atoms with Crippen LogP contribution in [0.2, 0.25) is 0 Å². The number of pyridine rings is 1. The van der Waals surface area contributed by atoms with Crippen molar-refractivity contribution in [2.75, 3.05) is 16.8 Å². The van der Waals surface area contributed by atoms with Crippen molar-refractivity contribution >= 4 is 15.8 Å². The maximum atomic E-state index is 14.6. The molecule has 12 heteroatoms. The van der Waals surface area contributed by atoms with Gasteiger partial charge in [0.15, 0.2) is 0 Å². The zero-order chi connectivity index (χ0) is 21.4. The van der Waals surface area contributed by atoms with Crippen molar-refractivity contribution in [1.82, 2.24) is 15.2 Å². The normalized spacial score (nSPS) is 12.8. The molecule has 1 aromatic carbocycles. The van der Waals surface area contributed by atoms with Gasteiger partial charge in [0.2, 0.25) is 5.89 Å². The van der Waals surface area contributed by atoms with Gasteiger partial charge in [-0.2, -0.15) is 13.2 Å². The lowest BCUT2D eigenvalue weighted by molar-refractivity contribution is -0.156. The van der Waals surface area contributed by atoms with Crippen molar-refractivity contribution in [3.8, 4) is 11.5 Å². The van der Waals surface area contributed by atoms with Gasteiger partial charge >= 0.3 is 12.1 Å². The van der Waals surface area contributed by atoms with E-state index in [1.54, 1.807) is 0 Å². The van der Waals surface area contributed by atoms with Gasteiger partial charge in [0.05, 0.1) is 24.6 Å². The first-order chi connectivity index (χ1) is 13.4. The second kappa shape index (κ2) is 7.50. The molecule has 0 amide bonds. The van der Waals surface area contributed by atoms with Crippen LogP contribution in [0, 0.1) is 11.6 Å². The Morgan fingerprint density at radius 2 is 1.83 bits per heavy atom. The Labute approximate surface area is 162 Å². The lowest BCUT2D eigenvalue weighted by Crippen LogP contribution is -2.35. The van der Waals surface area contributed by atoms with Gasteiger partial charge in [-0.3, -0.25) is 9.19 Å². The quantitative estimate of drug-likeness (QED) is 0.491. The number of hydrogen-bond acceptors (Lipinski definition) is 5. The molecule has 0 bridgehead atoms. The van der Waals surface area contributed by atoms with Gasteiger partial charge in [-0.25, -0.2) is 8.78 Å². The smallest absolute Gasteiger partial charge is 0.413 e. The molecule has 0 saturated heterocycles. The Kier molecular flexibility index (Phi) is 5.39. The first kappa shape index (κ1) is 20.8. The highest BCUT2D eigenvalue weighted by atomic mass is 32.3. The fourth-order valence-corrected chi connectivity index (χ4v) is 3.66.